The largest absolute Gasteiger partial charge is 0.292 e. The molecule has 3 aliphatic carbocycles. The molecule has 0 aliphatic heterocycles. The van der Waals surface area contributed by atoms with Gasteiger partial charge in [0.1, 0.15) is 0 Å². The van der Waals surface area contributed by atoms with Crippen molar-refractivity contribution in [2.45, 2.75) is 27.1 Å². The molecule has 3 aliphatic rings. The van der Waals surface area contributed by atoms with Crippen LogP contribution in [0.4, 0.5) is 0 Å². The Kier molecular flexibility index (Phi) is 1.71. The average molecular weight is 276 g/mol. The van der Waals surface area contributed by atoms with Crippen LogP contribution in [0.3, 0.4) is 0 Å². The summed E-state index contributed by atoms with van der Waals surface area (Å²) in [6, 6.07) is 0. The Labute approximate surface area is 97.8 Å². The highest BCUT2D eigenvalue weighted by Crippen LogP contribution is 2.86. The molecule has 0 aromatic rings. The van der Waals surface area contributed by atoms with Crippen LogP contribution in [0.1, 0.15) is 19.3 Å². The van der Waals surface area contributed by atoms with Crippen molar-refractivity contribution in [3.05, 3.63) is 0 Å². The van der Waals surface area contributed by atoms with Crippen LogP contribution in [-0.4, -0.2) is 16.3 Å². The number of sulfone groups is 1. The minimum Gasteiger partial charge on any atom is -0.224 e. The van der Waals surface area contributed by atoms with Gasteiger partial charge in [0, 0.05) is 0 Å². The fourth-order valence-corrected chi connectivity index (χ4v) is 7.03. The molecule has 3 fully saturated rings. The molecule has 0 N–H and O–H groups in total. The monoisotopic (exact) mass is 274 g/mol. The molecule has 0 spiro atoms. The van der Waals surface area contributed by atoms with Gasteiger partial charge in [-0.2, -0.15) is 0 Å². The Bertz CT molecular complexity index is 376. The van der Waals surface area contributed by atoms with Gasteiger partial charge in [0.2, 0.25) is 9.84 Å². The molecule has 14 heavy (non-hydrogen) atoms. The van der Waals surface area contributed by atoms with Gasteiger partial charge in [-0.15, -0.1) is 0 Å². The van der Waals surface area contributed by atoms with Gasteiger partial charge >= 0.3 is 0 Å². The van der Waals surface area contributed by atoms with E-state index in [0.29, 0.717) is 17.8 Å². The topological polar surface area (TPSA) is 34.1 Å². The van der Waals surface area contributed by atoms with Crippen LogP contribution in [0.2, 0.25) is 0 Å². The van der Waals surface area contributed by atoms with Crippen LogP contribution in [0.25, 0.3) is 0 Å². The SMILES string of the molecule is O=S(=O)(C(Cl)(Cl)Cl)C12C3CCCC1C32. The molecular weight excluding hydrogens is 267 g/mol. The molecule has 0 radical (unpaired) electrons. The summed E-state index contributed by atoms with van der Waals surface area (Å²) >= 11 is 16.6. The molecule has 2 unspecified atom stereocenters. The lowest BCUT2D eigenvalue weighted by Gasteiger charge is -2.26. The van der Waals surface area contributed by atoms with Crippen molar-refractivity contribution in [2.24, 2.45) is 17.8 Å². The molecule has 0 bridgehead atoms. The first-order valence-electron chi connectivity index (χ1n) is 4.66. The average Bonchev–Trinajstić information content (AvgIpc) is 2.90. The Morgan fingerprint density at radius 2 is 1.64 bits per heavy atom. The van der Waals surface area contributed by atoms with Gasteiger partial charge in [0.05, 0.1) is 4.75 Å². The van der Waals surface area contributed by atoms with Crippen molar-refractivity contribution in [3.63, 3.8) is 0 Å². The van der Waals surface area contributed by atoms with E-state index in [4.69, 9.17) is 34.8 Å². The number of alkyl halides is 3. The summed E-state index contributed by atoms with van der Waals surface area (Å²) in [6.07, 6.45) is 3.10. The van der Waals surface area contributed by atoms with Crippen LogP contribution < -0.4 is 0 Å². The normalized spacial score (nSPS) is 49.8. The van der Waals surface area contributed by atoms with Crippen molar-refractivity contribution in [1.82, 2.24) is 0 Å². The fourth-order valence-electron chi connectivity index (χ4n) is 3.55. The zero-order valence-electron chi connectivity index (χ0n) is 7.21. The maximum absolute atomic E-state index is 12.0. The molecule has 3 saturated carbocycles. The van der Waals surface area contributed by atoms with Gasteiger partial charge in [-0.25, -0.2) is 8.42 Å². The van der Waals surface area contributed by atoms with E-state index in [9.17, 15) is 8.42 Å². The second-order valence-corrected chi connectivity index (χ2v) is 9.75. The summed E-state index contributed by atoms with van der Waals surface area (Å²) in [5, 5.41) is 0. The van der Waals surface area contributed by atoms with Crippen molar-refractivity contribution >= 4 is 44.6 Å². The van der Waals surface area contributed by atoms with E-state index in [1.807, 2.05) is 0 Å². The van der Waals surface area contributed by atoms with E-state index in [1.54, 1.807) is 0 Å². The van der Waals surface area contributed by atoms with Crippen molar-refractivity contribution in [3.8, 4) is 0 Å². The van der Waals surface area contributed by atoms with Crippen molar-refractivity contribution in [2.75, 3.05) is 0 Å². The minimum absolute atomic E-state index is 0.293. The highest BCUT2D eigenvalue weighted by atomic mass is 35.6. The van der Waals surface area contributed by atoms with Crippen LogP contribution in [0.5, 0.6) is 0 Å². The quantitative estimate of drug-likeness (QED) is 0.689. The lowest BCUT2D eigenvalue weighted by Crippen LogP contribution is -2.35. The third kappa shape index (κ3) is 0.817. The number of halogens is 3. The number of rotatable bonds is 1. The molecule has 0 aromatic carbocycles. The molecular formula is C8H9Cl3O2S. The Balaban J connectivity index is 2.00. The zero-order chi connectivity index (χ0) is 10.4. The molecule has 0 amide bonds. The van der Waals surface area contributed by atoms with E-state index in [2.05, 4.69) is 0 Å². The van der Waals surface area contributed by atoms with Crippen LogP contribution >= 0.6 is 34.8 Å². The number of hydrogen-bond donors (Lipinski definition) is 0. The van der Waals surface area contributed by atoms with E-state index in [-0.39, 0.29) is 0 Å². The fraction of sp³-hybridized carbons (Fsp3) is 1.00. The summed E-state index contributed by atoms with van der Waals surface area (Å²) in [5.74, 6) is 0.903. The van der Waals surface area contributed by atoms with Crippen LogP contribution in [-0.2, 0) is 9.84 Å². The van der Waals surface area contributed by atoms with Crippen LogP contribution in [0, 0.1) is 17.8 Å². The third-order valence-electron chi connectivity index (χ3n) is 4.13. The van der Waals surface area contributed by atoms with E-state index in [0.717, 1.165) is 19.3 Å². The van der Waals surface area contributed by atoms with E-state index < -0.39 is 17.7 Å². The standard InChI is InChI=1S/C8H9Cl3O2S/c9-8(10,11)14(12,13)7-4-2-1-3-5(7)6(4)7/h4-6H,1-3H2. The minimum atomic E-state index is -3.59. The van der Waals surface area contributed by atoms with E-state index in [1.165, 1.54) is 0 Å². The smallest absolute Gasteiger partial charge is 0.224 e. The van der Waals surface area contributed by atoms with Gasteiger partial charge in [-0.05, 0) is 30.6 Å². The van der Waals surface area contributed by atoms with Gasteiger partial charge in [-0.1, -0.05) is 41.2 Å². The van der Waals surface area contributed by atoms with Gasteiger partial charge in [-0.3, -0.25) is 0 Å². The molecule has 80 valence electrons. The van der Waals surface area contributed by atoms with Crippen molar-refractivity contribution in [1.29, 1.82) is 0 Å². The van der Waals surface area contributed by atoms with Gasteiger partial charge in [0.25, 0.3) is 3.12 Å². The maximum Gasteiger partial charge on any atom is 0.292 e. The molecule has 2 nitrogen and oxygen atoms in total. The summed E-state index contributed by atoms with van der Waals surface area (Å²) in [4.78, 5) is 0. The second kappa shape index (κ2) is 2.39. The highest BCUT2D eigenvalue weighted by Gasteiger charge is 2.94. The van der Waals surface area contributed by atoms with E-state index >= 15 is 0 Å². The molecule has 3 rings (SSSR count). The summed E-state index contributed by atoms with van der Waals surface area (Å²) in [7, 11) is -3.59. The predicted molar refractivity (Wildman–Crippen MR) is 56.3 cm³/mol. The molecule has 0 aromatic heterocycles. The summed E-state index contributed by atoms with van der Waals surface area (Å²) < 4.78 is 21.2. The molecule has 0 heterocycles. The van der Waals surface area contributed by atoms with Crippen LogP contribution in [0.15, 0.2) is 0 Å². The summed E-state index contributed by atoms with van der Waals surface area (Å²) in [6.45, 7) is 0. The first kappa shape index (κ1) is 10.0. The maximum atomic E-state index is 12.0. The van der Waals surface area contributed by atoms with Gasteiger partial charge < -0.3 is 0 Å². The molecule has 6 heteroatoms. The molecule has 0 saturated heterocycles. The highest BCUT2D eigenvalue weighted by molar-refractivity contribution is 7.99. The first-order valence-corrected chi connectivity index (χ1v) is 7.27. The predicted octanol–water partition coefficient (Wildman–Crippen LogP) is 2.53. The lowest BCUT2D eigenvalue weighted by atomic mass is 9.88. The second-order valence-electron chi connectivity index (χ2n) is 4.47. The van der Waals surface area contributed by atoms with Crippen molar-refractivity contribution < 1.29 is 8.42 Å². The Hall–Kier alpha value is 0.820. The van der Waals surface area contributed by atoms with Gasteiger partial charge in [0.15, 0.2) is 0 Å². The number of hydrogen-bond acceptors (Lipinski definition) is 2. The Morgan fingerprint density at radius 3 is 2.00 bits per heavy atom. The first-order chi connectivity index (χ1) is 6.35. The Morgan fingerprint density at radius 1 is 1.14 bits per heavy atom. The molecule has 2 atom stereocenters. The zero-order valence-corrected chi connectivity index (χ0v) is 10.3. The third-order valence-corrected chi connectivity index (χ3v) is 8.38. The summed E-state index contributed by atoms with van der Waals surface area (Å²) in [5.41, 5.74) is 0. The number of fused-ring (bicyclic) bond motifs is 2. The lowest BCUT2D eigenvalue weighted by molar-refractivity contribution is 0.343.